The van der Waals surface area contributed by atoms with Gasteiger partial charge in [0.2, 0.25) is 0 Å². The average Bonchev–Trinajstić information content (AvgIpc) is 1.75. The Morgan fingerprint density at radius 2 is 1.29 bits per heavy atom. The fourth-order valence-corrected chi connectivity index (χ4v) is 1.84. The van der Waals surface area contributed by atoms with Crippen LogP contribution < -0.4 is 0 Å². The number of rotatable bonds is 2. The van der Waals surface area contributed by atoms with E-state index < -0.39 is 0 Å². The third-order valence-electron chi connectivity index (χ3n) is 0.136. The van der Waals surface area contributed by atoms with Crippen LogP contribution in [-0.2, 0) is 0 Å². The first kappa shape index (κ1) is 11.2. The molecule has 0 aromatic heterocycles. The molecule has 46 valence electrons. The summed E-state index contributed by atoms with van der Waals surface area (Å²) in [7, 11) is 5.36. The maximum Gasteiger partial charge on any atom is -0.00709 e. The SMILES string of the molecule is CS.CSSSC. The monoisotopic (exact) mass is 174 g/mol. The molecule has 7 heavy (non-hydrogen) atoms. The zero-order valence-electron chi connectivity index (χ0n) is 4.67. The molecule has 0 fully saturated rings. The van der Waals surface area contributed by atoms with Crippen molar-refractivity contribution in [1.29, 1.82) is 0 Å². The van der Waals surface area contributed by atoms with Gasteiger partial charge < -0.3 is 0 Å². The Morgan fingerprint density at radius 3 is 1.29 bits per heavy atom. The minimum absolute atomic E-state index is 1.69. The van der Waals surface area contributed by atoms with Crippen LogP contribution >= 0.6 is 44.0 Å². The Morgan fingerprint density at radius 1 is 1.00 bits per heavy atom. The predicted octanol–water partition coefficient (Wildman–Crippen LogP) is 2.82. The van der Waals surface area contributed by atoms with Gasteiger partial charge in [-0.2, -0.15) is 12.6 Å². The summed E-state index contributed by atoms with van der Waals surface area (Å²) in [6.07, 6.45) is 5.84. The van der Waals surface area contributed by atoms with E-state index in [9.17, 15) is 0 Å². The molecule has 0 spiro atoms. The number of thiol groups is 1. The van der Waals surface area contributed by atoms with Crippen molar-refractivity contribution >= 4 is 44.0 Å². The Kier molecular flexibility index (Phi) is 25.1. The van der Waals surface area contributed by atoms with Crippen LogP contribution in [0.4, 0.5) is 0 Å². The van der Waals surface area contributed by atoms with E-state index in [-0.39, 0.29) is 0 Å². The van der Waals surface area contributed by atoms with E-state index in [1.54, 1.807) is 37.7 Å². The van der Waals surface area contributed by atoms with Gasteiger partial charge in [-0.25, -0.2) is 0 Å². The summed E-state index contributed by atoms with van der Waals surface area (Å²) in [6, 6.07) is 0. The minimum atomic E-state index is 1.69. The highest BCUT2D eigenvalue weighted by Gasteiger charge is 1.68. The summed E-state index contributed by atoms with van der Waals surface area (Å²) < 4.78 is 0. The molecule has 0 aromatic carbocycles. The van der Waals surface area contributed by atoms with Crippen molar-refractivity contribution in [2.45, 2.75) is 0 Å². The van der Waals surface area contributed by atoms with Gasteiger partial charge in [0.25, 0.3) is 0 Å². The standard InChI is InChI=1S/C2H6S3.CH4S/c1-3-5-4-2;1-2/h1-2H3;2H,1H3. The highest BCUT2D eigenvalue weighted by atomic mass is 33.5. The van der Waals surface area contributed by atoms with Crippen molar-refractivity contribution in [2.24, 2.45) is 0 Å². The van der Waals surface area contributed by atoms with Gasteiger partial charge in [0, 0.05) is 0 Å². The summed E-state index contributed by atoms with van der Waals surface area (Å²) in [6.45, 7) is 0. The van der Waals surface area contributed by atoms with Crippen LogP contribution in [0.5, 0.6) is 0 Å². The first-order chi connectivity index (χ1) is 3.41. The molecule has 0 heterocycles. The van der Waals surface area contributed by atoms with Gasteiger partial charge in [-0.1, -0.05) is 21.6 Å². The first-order valence-corrected chi connectivity index (χ1v) is 6.79. The first-order valence-electron chi connectivity index (χ1n) is 1.60. The van der Waals surface area contributed by atoms with Gasteiger partial charge in [-0.3, -0.25) is 0 Å². The lowest BCUT2D eigenvalue weighted by atomic mass is 12.0. The quantitative estimate of drug-likeness (QED) is 0.505. The molecule has 0 aliphatic carbocycles. The third kappa shape index (κ3) is 18.7. The van der Waals surface area contributed by atoms with Crippen molar-refractivity contribution in [1.82, 2.24) is 0 Å². The van der Waals surface area contributed by atoms with Crippen LogP contribution in [-0.4, -0.2) is 18.8 Å². The smallest absolute Gasteiger partial charge is 0.00709 e. The molecule has 0 unspecified atom stereocenters. The normalized spacial score (nSPS) is 6.86. The molecular formula is C3H10S4. The van der Waals surface area contributed by atoms with Crippen molar-refractivity contribution in [3.05, 3.63) is 0 Å². The Bertz CT molecular complexity index is 14.4. The molecule has 0 nitrogen and oxygen atoms in total. The molecule has 0 bridgehead atoms. The summed E-state index contributed by atoms with van der Waals surface area (Å²) in [4.78, 5) is 0. The third-order valence-corrected chi connectivity index (χ3v) is 3.67. The summed E-state index contributed by atoms with van der Waals surface area (Å²) >= 11 is 3.53. The van der Waals surface area contributed by atoms with Crippen LogP contribution in [0.3, 0.4) is 0 Å². The van der Waals surface area contributed by atoms with Crippen molar-refractivity contribution in [2.75, 3.05) is 18.8 Å². The second kappa shape index (κ2) is 15.7. The lowest BCUT2D eigenvalue weighted by Crippen LogP contribution is -1.30. The highest BCUT2D eigenvalue weighted by Crippen LogP contribution is 2.28. The molecule has 0 aliphatic heterocycles. The minimum Gasteiger partial charge on any atom is -0.183 e. The Hall–Kier alpha value is 1.40. The summed E-state index contributed by atoms with van der Waals surface area (Å²) in [5, 5.41) is 0. The molecule has 0 rings (SSSR count). The molecule has 0 radical (unpaired) electrons. The van der Waals surface area contributed by atoms with E-state index in [0.29, 0.717) is 0 Å². The van der Waals surface area contributed by atoms with Gasteiger partial charge >= 0.3 is 0 Å². The molecular weight excluding hydrogens is 164 g/mol. The second-order valence-electron chi connectivity index (χ2n) is 0.401. The zero-order chi connectivity index (χ0) is 6.12. The number of hydrogen-bond acceptors (Lipinski definition) is 4. The van der Waals surface area contributed by atoms with Gasteiger partial charge in [0.15, 0.2) is 0 Å². The van der Waals surface area contributed by atoms with Crippen molar-refractivity contribution in [3.8, 4) is 0 Å². The van der Waals surface area contributed by atoms with E-state index in [4.69, 9.17) is 0 Å². The molecule has 0 saturated carbocycles. The van der Waals surface area contributed by atoms with Crippen LogP contribution in [0.2, 0.25) is 0 Å². The van der Waals surface area contributed by atoms with Gasteiger partial charge in [0.1, 0.15) is 0 Å². The summed E-state index contributed by atoms with van der Waals surface area (Å²) in [5.74, 6) is 0. The Labute approximate surface area is 62.8 Å². The van der Waals surface area contributed by atoms with Gasteiger partial charge in [-0.05, 0) is 28.6 Å². The van der Waals surface area contributed by atoms with Gasteiger partial charge in [-0.15, -0.1) is 0 Å². The lowest BCUT2D eigenvalue weighted by molar-refractivity contribution is 2.54. The predicted molar refractivity (Wildman–Crippen MR) is 49.5 cm³/mol. The van der Waals surface area contributed by atoms with E-state index in [1.807, 2.05) is 0 Å². The van der Waals surface area contributed by atoms with E-state index >= 15 is 0 Å². The van der Waals surface area contributed by atoms with Crippen LogP contribution in [0.1, 0.15) is 0 Å². The van der Waals surface area contributed by atoms with Crippen molar-refractivity contribution in [3.63, 3.8) is 0 Å². The fourth-order valence-electron chi connectivity index (χ4n) is 0.0680. The lowest BCUT2D eigenvalue weighted by Gasteiger charge is -1.78. The average molecular weight is 174 g/mol. The topological polar surface area (TPSA) is 0 Å². The summed E-state index contributed by atoms with van der Waals surface area (Å²) in [5.41, 5.74) is 0. The van der Waals surface area contributed by atoms with E-state index in [0.717, 1.165) is 0 Å². The highest BCUT2D eigenvalue weighted by molar-refractivity contribution is 9.09. The van der Waals surface area contributed by atoms with E-state index in [2.05, 4.69) is 25.1 Å². The van der Waals surface area contributed by atoms with Crippen molar-refractivity contribution < 1.29 is 0 Å². The van der Waals surface area contributed by atoms with Gasteiger partial charge in [0.05, 0.1) is 0 Å². The molecule has 0 aliphatic rings. The fraction of sp³-hybridized carbons (Fsp3) is 1.00. The number of hydrogen-bond donors (Lipinski definition) is 1. The second-order valence-corrected chi connectivity index (χ2v) is 4.84. The molecule has 0 amide bonds. The van der Waals surface area contributed by atoms with Crippen LogP contribution in [0, 0.1) is 0 Å². The maximum atomic E-state index is 3.53. The molecule has 0 saturated heterocycles. The molecule has 0 atom stereocenters. The van der Waals surface area contributed by atoms with Crippen LogP contribution in [0.15, 0.2) is 0 Å². The molecule has 4 heteroatoms. The molecule has 0 N–H and O–H groups in total. The van der Waals surface area contributed by atoms with Crippen LogP contribution in [0.25, 0.3) is 0 Å². The largest absolute Gasteiger partial charge is 0.183 e. The maximum absolute atomic E-state index is 3.53. The zero-order valence-corrected chi connectivity index (χ0v) is 8.02. The van der Waals surface area contributed by atoms with E-state index in [1.165, 1.54) is 0 Å². The Balaban J connectivity index is 0. The molecule has 0 aromatic rings.